The number of nitrogens with one attached hydrogen (secondary N) is 3. The van der Waals surface area contributed by atoms with Crippen molar-refractivity contribution in [2.75, 3.05) is 13.2 Å². The van der Waals surface area contributed by atoms with Crippen molar-refractivity contribution in [3.63, 3.8) is 0 Å². The van der Waals surface area contributed by atoms with Gasteiger partial charge in [-0.25, -0.2) is 18.4 Å². The molecule has 1 aliphatic heterocycles. The summed E-state index contributed by atoms with van der Waals surface area (Å²) >= 11 is 0. The minimum Gasteiger partial charge on any atom is -0.465 e. The van der Waals surface area contributed by atoms with Crippen molar-refractivity contribution >= 4 is 22.0 Å². The minimum atomic E-state index is -3.73. The van der Waals surface area contributed by atoms with Crippen molar-refractivity contribution < 1.29 is 22.7 Å². The second kappa shape index (κ2) is 10.7. The van der Waals surface area contributed by atoms with E-state index in [0.717, 1.165) is 22.3 Å². The molecule has 34 heavy (non-hydrogen) atoms. The molecule has 0 saturated carbocycles. The van der Waals surface area contributed by atoms with E-state index >= 15 is 0 Å². The molecule has 2 atom stereocenters. The number of carbonyl (C=O) groups is 2. The van der Waals surface area contributed by atoms with Gasteiger partial charge in [0, 0.05) is 12.7 Å². The van der Waals surface area contributed by atoms with Crippen LogP contribution in [-0.2, 0) is 26.0 Å². The van der Waals surface area contributed by atoms with E-state index in [1.165, 1.54) is 12.1 Å². The van der Waals surface area contributed by atoms with E-state index in [9.17, 15) is 18.0 Å². The number of aryl methyl sites for hydroxylation is 2. The standard InChI is InChI=1S/C24H30N4O5S/c1-4-33-23(29)21-20(14-26-12-11-17-7-9-18(10-8-17)34(25,31)32)27-24(30)28-22(21)19-13-15(2)5-6-16(19)3/h5-10,13-14,21-22,26H,4,11-12H2,1-3H3,(H2,25,31,32)(H2,27,28,30)/b20-14+/t21-,22+/m1/s1. The lowest BCUT2D eigenvalue weighted by Gasteiger charge is -2.34. The number of ether oxygens (including phenoxy) is 1. The van der Waals surface area contributed by atoms with Crippen LogP contribution < -0.4 is 21.1 Å². The summed E-state index contributed by atoms with van der Waals surface area (Å²) in [6.45, 7) is 6.35. The minimum absolute atomic E-state index is 0.0542. The number of benzene rings is 2. The number of esters is 1. The first kappa shape index (κ1) is 25.3. The van der Waals surface area contributed by atoms with Crippen LogP contribution in [0.15, 0.2) is 59.3 Å². The van der Waals surface area contributed by atoms with Crippen LogP contribution in [0.3, 0.4) is 0 Å². The molecule has 2 amide bonds. The molecular formula is C24H30N4O5S. The van der Waals surface area contributed by atoms with Crippen LogP contribution in [-0.4, -0.2) is 33.6 Å². The van der Waals surface area contributed by atoms with Crippen molar-refractivity contribution in [2.24, 2.45) is 11.1 Å². The summed E-state index contributed by atoms with van der Waals surface area (Å²) in [6.07, 6.45) is 2.21. The Labute approximate surface area is 199 Å². The first-order valence-corrected chi connectivity index (χ1v) is 12.5. The first-order valence-electron chi connectivity index (χ1n) is 11.0. The maximum absolute atomic E-state index is 12.9. The molecule has 0 bridgehead atoms. The van der Waals surface area contributed by atoms with Gasteiger partial charge in [-0.3, -0.25) is 4.79 Å². The average molecular weight is 487 g/mol. The predicted molar refractivity (Wildman–Crippen MR) is 128 cm³/mol. The molecule has 1 heterocycles. The van der Waals surface area contributed by atoms with Gasteiger partial charge in [0.15, 0.2) is 0 Å². The van der Waals surface area contributed by atoms with Gasteiger partial charge in [-0.15, -0.1) is 0 Å². The zero-order valence-electron chi connectivity index (χ0n) is 19.4. The van der Waals surface area contributed by atoms with E-state index in [1.807, 2.05) is 32.0 Å². The summed E-state index contributed by atoms with van der Waals surface area (Å²) in [5, 5.41) is 13.9. The molecule has 1 fully saturated rings. The highest BCUT2D eigenvalue weighted by atomic mass is 32.2. The summed E-state index contributed by atoms with van der Waals surface area (Å²) in [5.41, 5.74) is 4.16. The third kappa shape index (κ3) is 6.15. The van der Waals surface area contributed by atoms with Crippen molar-refractivity contribution in [3.8, 4) is 0 Å². The van der Waals surface area contributed by atoms with Gasteiger partial charge in [-0.1, -0.05) is 35.9 Å². The van der Waals surface area contributed by atoms with Crippen LogP contribution >= 0.6 is 0 Å². The lowest BCUT2D eigenvalue weighted by atomic mass is 9.86. The quantitative estimate of drug-likeness (QED) is 0.333. The molecule has 2 aromatic carbocycles. The van der Waals surface area contributed by atoms with Gasteiger partial charge in [0.05, 0.1) is 23.2 Å². The molecule has 1 aliphatic rings. The number of hydrogen-bond acceptors (Lipinski definition) is 6. The van der Waals surface area contributed by atoms with E-state index in [-0.39, 0.29) is 11.5 Å². The number of carbonyl (C=O) groups excluding carboxylic acids is 2. The monoisotopic (exact) mass is 486 g/mol. The SMILES string of the molecule is CCOC(=O)[C@@H]1/C(=C\NCCc2ccc(S(N)(=O)=O)cc2)NC(=O)N[C@H]1c1cc(C)ccc1C. The molecule has 0 aromatic heterocycles. The van der Waals surface area contributed by atoms with Gasteiger partial charge in [-0.05, 0) is 56.0 Å². The van der Waals surface area contributed by atoms with Crippen molar-refractivity contribution in [2.45, 2.75) is 38.1 Å². The van der Waals surface area contributed by atoms with Crippen molar-refractivity contribution in [1.29, 1.82) is 0 Å². The van der Waals surface area contributed by atoms with Crippen molar-refractivity contribution in [3.05, 3.63) is 76.6 Å². The second-order valence-corrected chi connectivity index (χ2v) is 9.72. The lowest BCUT2D eigenvalue weighted by Crippen LogP contribution is -2.52. The molecular weight excluding hydrogens is 456 g/mol. The molecule has 1 saturated heterocycles. The van der Waals surface area contributed by atoms with Gasteiger partial charge < -0.3 is 20.7 Å². The summed E-state index contributed by atoms with van der Waals surface area (Å²) in [5.74, 6) is -1.19. The van der Waals surface area contributed by atoms with Crippen LogP contribution in [0.5, 0.6) is 0 Å². The second-order valence-electron chi connectivity index (χ2n) is 8.16. The molecule has 3 rings (SSSR count). The number of sulfonamides is 1. The van der Waals surface area contributed by atoms with E-state index < -0.39 is 34.0 Å². The number of nitrogens with two attached hydrogens (primary N) is 1. The van der Waals surface area contributed by atoms with Crippen LogP contribution in [0.2, 0.25) is 0 Å². The fourth-order valence-corrected chi connectivity index (χ4v) is 4.38. The fraction of sp³-hybridized carbons (Fsp3) is 0.333. The maximum atomic E-state index is 12.9. The molecule has 2 aromatic rings. The molecule has 0 spiro atoms. The van der Waals surface area contributed by atoms with E-state index in [2.05, 4.69) is 16.0 Å². The third-order valence-corrected chi connectivity index (χ3v) is 6.52. The van der Waals surface area contributed by atoms with Crippen LogP contribution in [0, 0.1) is 19.8 Å². The first-order chi connectivity index (χ1) is 16.1. The Hall–Kier alpha value is -3.37. The van der Waals surface area contributed by atoms with Crippen LogP contribution in [0.1, 0.15) is 35.2 Å². The number of rotatable bonds is 8. The Kier molecular flexibility index (Phi) is 7.95. The van der Waals surface area contributed by atoms with Gasteiger partial charge in [0.1, 0.15) is 5.92 Å². The lowest BCUT2D eigenvalue weighted by molar-refractivity contribution is -0.147. The molecule has 0 radical (unpaired) electrons. The molecule has 0 aliphatic carbocycles. The Morgan fingerprint density at radius 1 is 1.18 bits per heavy atom. The summed E-state index contributed by atoms with van der Waals surface area (Å²) < 4.78 is 28.1. The molecule has 5 N–H and O–H groups in total. The van der Waals surface area contributed by atoms with E-state index in [4.69, 9.17) is 9.88 Å². The highest BCUT2D eigenvalue weighted by Crippen LogP contribution is 2.33. The summed E-state index contributed by atoms with van der Waals surface area (Å²) in [6, 6.07) is 11.2. The van der Waals surface area contributed by atoms with E-state index in [1.54, 1.807) is 25.3 Å². The molecule has 10 heteroatoms. The van der Waals surface area contributed by atoms with Crippen LogP contribution in [0.25, 0.3) is 0 Å². The van der Waals surface area contributed by atoms with E-state index in [0.29, 0.717) is 18.7 Å². The number of amides is 2. The molecule has 182 valence electrons. The normalized spacial score (nSPS) is 19.3. The van der Waals surface area contributed by atoms with Gasteiger partial charge in [-0.2, -0.15) is 0 Å². The Morgan fingerprint density at radius 2 is 1.88 bits per heavy atom. The number of primary sulfonamides is 1. The Balaban J connectivity index is 1.79. The zero-order chi connectivity index (χ0) is 24.9. The Morgan fingerprint density at radius 3 is 2.53 bits per heavy atom. The highest BCUT2D eigenvalue weighted by Gasteiger charge is 2.40. The Bertz CT molecular complexity index is 1190. The van der Waals surface area contributed by atoms with Crippen LogP contribution in [0.4, 0.5) is 4.79 Å². The molecule has 9 nitrogen and oxygen atoms in total. The predicted octanol–water partition coefficient (Wildman–Crippen LogP) is 2.16. The van der Waals surface area contributed by atoms with Gasteiger partial charge >= 0.3 is 12.0 Å². The summed E-state index contributed by atoms with van der Waals surface area (Å²) in [7, 11) is -3.73. The smallest absolute Gasteiger partial charge is 0.319 e. The number of urea groups is 1. The molecule has 0 unspecified atom stereocenters. The maximum Gasteiger partial charge on any atom is 0.319 e. The average Bonchev–Trinajstić information content (AvgIpc) is 2.77. The largest absolute Gasteiger partial charge is 0.465 e. The third-order valence-electron chi connectivity index (χ3n) is 5.59. The summed E-state index contributed by atoms with van der Waals surface area (Å²) in [4.78, 5) is 25.4. The topological polar surface area (TPSA) is 140 Å². The van der Waals surface area contributed by atoms with Gasteiger partial charge in [0.2, 0.25) is 10.0 Å². The van der Waals surface area contributed by atoms with Crippen molar-refractivity contribution in [1.82, 2.24) is 16.0 Å². The fourth-order valence-electron chi connectivity index (χ4n) is 3.87. The van der Waals surface area contributed by atoms with Gasteiger partial charge in [0.25, 0.3) is 0 Å². The zero-order valence-corrected chi connectivity index (χ0v) is 20.2. The number of hydrogen-bond donors (Lipinski definition) is 4. The highest BCUT2D eigenvalue weighted by molar-refractivity contribution is 7.89.